The third-order valence-electron chi connectivity index (χ3n) is 4.22. The number of phenolic OH excluding ortho intramolecular Hbond substituents is 1. The van der Waals surface area contributed by atoms with Crippen molar-refractivity contribution in [2.75, 3.05) is 6.54 Å². The van der Waals surface area contributed by atoms with Crippen molar-refractivity contribution in [1.82, 2.24) is 10.6 Å². The second kappa shape index (κ2) is 7.49. The molecule has 1 aromatic rings. The van der Waals surface area contributed by atoms with Crippen LogP contribution in [0.15, 0.2) is 24.3 Å². The third kappa shape index (κ3) is 5.22. The zero-order chi connectivity index (χ0) is 16.0. The van der Waals surface area contributed by atoms with E-state index in [1.54, 1.807) is 12.1 Å². The Morgan fingerprint density at radius 1 is 1.23 bits per heavy atom. The Morgan fingerprint density at radius 2 is 1.86 bits per heavy atom. The van der Waals surface area contributed by atoms with Crippen LogP contribution in [0, 0.1) is 0 Å². The Morgan fingerprint density at radius 3 is 2.50 bits per heavy atom. The van der Waals surface area contributed by atoms with Crippen LogP contribution in [0.1, 0.15) is 44.6 Å². The van der Waals surface area contributed by atoms with Crippen LogP contribution in [0.2, 0.25) is 0 Å². The van der Waals surface area contributed by atoms with E-state index in [1.165, 1.54) is 0 Å². The molecular formula is C17H26N2O3. The summed E-state index contributed by atoms with van der Waals surface area (Å²) < 4.78 is 0. The SMILES string of the molecule is CC(Cc1ccc(O)cc1)NC(=O)NCC1(O)CCCCC1. The van der Waals surface area contributed by atoms with E-state index >= 15 is 0 Å². The molecule has 1 aromatic carbocycles. The van der Waals surface area contributed by atoms with Gasteiger partial charge in [0.15, 0.2) is 0 Å². The Bertz CT molecular complexity index is 481. The summed E-state index contributed by atoms with van der Waals surface area (Å²) >= 11 is 0. The average Bonchev–Trinajstić information content (AvgIpc) is 2.48. The second-order valence-electron chi connectivity index (χ2n) is 6.38. The molecule has 2 amide bonds. The minimum Gasteiger partial charge on any atom is -0.508 e. The lowest BCUT2D eigenvalue weighted by molar-refractivity contribution is 0.00713. The molecule has 0 aliphatic heterocycles. The van der Waals surface area contributed by atoms with E-state index in [-0.39, 0.29) is 17.8 Å². The first kappa shape index (κ1) is 16.6. The Labute approximate surface area is 131 Å². The standard InChI is InChI=1S/C17H26N2O3/c1-13(11-14-5-7-15(20)8-6-14)19-16(21)18-12-17(22)9-3-2-4-10-17/h5-8,13,20,22H,2-4,9-12H2,1H3,(H2,18,19,21). The molecule has 1 aliphatic carbocycles. The minimum absolute atomic E-state index is 0.0226. The molecule has 0 bridgehead atoms. The number of carbonyl (C=O) groups is 1. The van der Waals surface area contributed by atoms with Gasteiger partial charge in [0.25, 0.3) is 0 Å². The van der Waals surface area contributed by atoms with Crippen LogP contribution in [0.25, 0.3) is 0 Å². The molecule has 1 saturated carbocycles. The number of hydrogen-bond donors (Lipinski definition) is 4. The van der Waals surface area contributed by atoms with Gasteiger partial charge in [-0.3, -0.25) is 0 Å². The normalized spacial score (nSPS) is 18.5. The number of urea groups is 1. The van der Waals surface area contributed by atoms with Crippen LogP contribution < -0.4 is 10.6 Å². The van der Waals surface area contributed by atoms with Crippen molar-refractivity contribution < 1.29 is 15.0 Å². The molecule has 5 nitrogen and oxygen atoms in total. The van der Waals surface area contributed by atoms with Crippen LogP contribution in [-0.2, 0) is 6.42 Å². The van der Waals surface area contributed by atoms with Gasteiger partial charge >= 0.3 is 6.03 Å². The van der Waals surface area contributed by atoms with Crippen LogP contribution in [-0.4, -0.2) is 34.4 Å². The molecule has 1 unspecified atom stereocenters. The van der Waals surface area contributed by atoms with Crippen LogP contribution in [0.3, 0.4) is 0 Å². The summed E-state index contributed by atoms with van der Waals surface area (Å²) in [4.78, 5) is 11.9. The number of aliphatic hydroxyl groups is 1. The van der Waals surface area contributed by atoms with Crippen molar-refractivity contribution in [3.05, 3.63) is 29.8 Å². The minimum atomic E-state index is -0.740. The van der Waals surface area contributed by atoms with Crippen molar-refractivity contribution in [2.45, 2.75) is 57.1 Å². The smallest absolute Gasteiger partial charge is 0.315 e. The van der Waals surface area contributed by atoms with Gasteiger partial charge in [-0.15, -0.1) is 0 Å². The lowest BCUT2D eigenvalue weighted by Gasteiger charge is -2.32. The molecule has 5 heteroatoms. The van der Waals surface area contributed by atoms with Gasteiger partial charge in [0, 0.05) is 12.6 Å². The summed E-state index contributed by atoms with van der Waals surface area (Å²) in [6.45, 7) is 2.24. The summed E-state index contributed by atoms with van der Waals surface area (Å²) in [5.41, 5.74) is 0.312. The number of aromatic hydroxyl groups is 1. The van der Waals surface area contributed by atoms with Crippen molar-refractivity contribution in [2.24, 2.45) is 0 Å². The van der Waals surface area contributed by atoms with E-state index in [0.717, 1.165) is 37.7 Å². The number of amides is 2. The highest BCUT2D eigenvalue weighted by Crippen LogP contribution is 2.27. The predicted octanol–water partition coefficient (Wildman–Crippen LogP) is 2.32. The first-order valence-electron chi connectivity index (χ1n) is 8.01. The van der Waals surface area contributed by atoms with E-state index in [1.807, 2.05) is 19.1 Å². The summed E-state index contributed by atoms with van der Waals surface area (Å²) in [6, 6.07) is 6.70. The number of phenols is 1. The van der Waals surface area contributed by atoms with E-state index in [4.69, 9.17) is 0 Å². The molecule has 0 aromatic heterocycles. The number of rotatable bonds is 5. The molecule has 0 saturated heterocycles. The highest BCUT2D eigenvalue weighted by Gasteiger charge is 2.29. The molecule has 0 heterocycles. The van der Waals surface area contributed by atoms with Crippen molar-refractivity contribution in [3.63, 3.8) is 0 Å². The first-order valence-corrected chi connectivity index (χ1v) is 8.01. The van der Waals surface area contributed by atoms with Gasteiger partial charge in [0.05, 0.1) is 5.60 Å². The zero-order valence-electron chi connectivity index (χ0n) is 13.1. The molecule has 1 atom stereocenters. The number of hydrogen-bond acceptors (Lipinski definition) is 3. The number of carbonyl (C=O) groups excluding carboxylic acids is 1. The maximum atomic E-state index is 11.9. The number of nitrogens with one attached hydrogen (secondary N) is 2. The molecule has 1 aliphatic rings. The Kier molecular flexibility index (Phi) is 5.66. The van der Waals surface area contributed by atoms with Gasteiger partial charge in [-0.05, 0) is 43.9 Å². The summed E-state index contributed by atoms with van der Waals surface area (Å²) in [6.07, 6.45) is 5.43. The Hall–Kier alpha value is -1.75. The molecule has 0 spiro atoms. The molecule has 4 N–H and O–H groups in total. The maximum Gasteiger partial charge on any atom is 0.315 e. The molecular weight excluding hydrogens is 280 g/mol. The van der Waals surface area contributed by atoms with Crippen molar-refractivity contribution >= 4 is 6.03 Å². The van der Waals surface area contributed by atoms with Crippen molar-refractivity contribution in [1.29, 1.82) is 0 Å². The maximum absolute atomic E-state index is 11.9. The molecule has 22 heavy (non-hydrogen) atoms. The van der Waals surface area contributed by atoms with E-state index in [2.05, 4.69) is 10.6 Å². The fraction of sp³-hybridized carbons (Fsp3) is 0.588. The zero-order valence-corrected chi connectivity index (χ0v) is 13.1. The van der Waals surface area contributed by atoms with E-state index < -0.39 is 5.60 Å². The Balaban J connectivity index is 1.72. The largest absolute Gasteiger partial charge is 0.508 e. The molecule has 2 rings (SSSR count). The topological polar surface area (TPSA) is 81.6 Å². The molecule has 0 radical (unpaired) electrons. The van der Waals surface area contributed by atoms with Crippen LogP contribution >= 0.6 is 0 Å². The molecule has 122 valence electrons. The van der Waals surface area contributed by atoms with Crippen molar-refractivity contribution in [3.8, 4) is 5.75 Å². The first-order chi connectivity index (χ1) is 10.5. The van der Waals surface area contributed by atoms with E-state index in [9.17, 15) is 15.0 Å². The lowest BCUT2D eigenvalue weighted by Crippen LogP contribution is -2.49. The highest BCUT2D eigenvalue weighted by atomic mass is 16.3. The van der Waals surface area contributed by atoms with Gasteiger partial charge in [-0.25, -0.2) is 4.79 Å². The second-order valence-corrected chi connectivity index (χ2v) is 6.38. The average molecular weight is 306 g/mol. The van der Waals surface area contributed by atoms with Gasteiger partial charge in [-0.2, -0.15) is 0 Å². The fourth-order valence-electron chi connectivity index (χ4n) is 2.94. The van der Waals surface area contributed by atoms with E-state index in [0.29, 0.717) is 13.0 Å². The van der Waals surface area contributed by atoms with Gasteiger partial charge in [-0.1, -0.05) is 31.4 Å². The van der Waals surface area contributed by atoms with Gasteiger partial charge in [0.1, 0.15) is 5.75 Å². The monoisotopic (exact) mass is 306 g/mol. The quantitative estimate of drug-likeness (QED) is 0.674. The van der Waals surface area contributed by atoms with Gasteiger partial charge < -0.3 is 20.8 Å². The fourth-order valence-corrected chi connectivity index (χ4v) is 2.94. The predicted molar refractivity (Wildman–Crippen MR) is 85.8 cm³/mol. The summed E-state index contributed by atoms with van der Waals surface area (Å²) in [5, 5.41) is 25.3. The lowest BCUT2D eigenvalue weighted by atomic mass is 9.85. The van der Waals surface area contributed by atoms with Crippen LogP contribution in [0.5, 0.6) is 5.75 Å². The highest BCUT2D eigenvalue weighted by molar-refractivity contribution is 5.74. The molecule has 1 fully saturated rings. The van der Waals surface area contributed by atoms with Gasteiger partial charge in [0.2, 0.25) is 0 Å². The number of benzene rings is 1. The summed E-state index contributed by atoms with van der Waals surface area (Å²) in [5.74, 6) is 0.239. The third-order valence-corrected chi connectivity index (χ3v) is 4.22. The van der Waals surface area contributed by atoms with Crippen LogP contribution in [0.4, 0.5) is 4.79 Å². The summed E-state index contributed by atoms with van der Waals surface area (Å²) in [7, 11) is 0.